The van der Waals surface area contributed by atoms with Crippen LogP contribution in [0.15, 0.2) is 109 Å². The number of hydrogen-bond acceptors (Lipinski definition) is 8. The first-order valence-corrected chi connectivity index (χ1v) is 18.6. The van der Waals surface area contributed by atoms with E-state index in [0.29, 0.717) is 12.8 Å². The van der Waals surface area contributed by atoms with Crippen LogP contribution >= 0.6 is 0 Å². The molecular formula is C44H50F2N2O8. The Morgan fingerprint density at radius 3 is 1.79 bits per heavy atom. The number of benzene rings is 4. The number of Topliss-reactive ketones (excluding diaryl/α,β-unsaturated/α-hetero) is 2. The Hall–Kier alpha value is -5.46. The highest BCUT2D eigenvalue weighted by atomic mass is 19.1. The van der Waals surface area contributed by atoms with Crippen LogP contribution in [0.5, 0.6) is 0 Å². The average Bonchev–Trinajstić information content (AvgIpc) is 3.19. The fourth-order valence-electron chi connectivity index (χ4n) is 5.89. The summed E-state index contributed by atoms with van der Waals surface area (Å²) in [6, 6.07) is 28.4. The molecule has 0 radical (unpaired) electrons. The Balaban J connectivity index is 1.30. The molecule has 0 spiro atoms. The number of nitrogens with one attached hydrogen (secondary N) is 2. The number of aliphatic hydroxyl groups excluding tert-OH is 1. The highest BCUT2D eigenvalue weighted by molar-refractivity contribution is 5.84. The van der Waals surface area contributed by atoms with Crippen molar-refractivity contribution in [2.75, 3.05) is 6.61 Å². The molecule has 0 fully saturated rings. The molecule has 0 aliphatic carbocycles. The van der Waals surface area contributed by atoms with Crippen LogP contribution in [0, 0.1) is 17.0 Å². The van der Waals surface area contributed by atoms with E-state index in [1.807, 2.05) is 68.4 Å². The summed E-state index contributed by atoms with van der Waals surface area (Å²) in [7, 11) is 0. The molecule has 12 heteroatoms. The minimum absolute atomic E-state index is 0.00192. The smallest absolute Gasteiger partial charge is 0.407 e. The Morgan fingerprint density at radius 2 is 1.21 bits per heavy atom. The predicted molar refractivity (Wildman–Crippen MR) is 206 cm³/mol. The first-order chi connectivity index (χ1) is 26.9. The zero-order chi connectivity index (χ0) is 40.3. The lowest BCUT2D eigenvalue weighted by Crippen LogP contribution is -2.50. The van der Waals surface area contributed by atoms with Gasteiger partial charge in [-0.1, -0.05) is 105 Å². The van der Waals surface area contributed by atoms with Crippen molar-refractivity contribution in [2.45, 2.75) is 90.4 Å². The molecule has 0 bridgehead atoms. The van der Waals surface area contributed by atoms with Crippen molar-refractivity contribution >= 4 is 23.8 Å². The molecular weight excluding hydrogens is 722 g/mol. The molecule has 0 heterocycles. The van der Waals surface area contributed by atoms with Crippen LogP contribution in [0.2, 0.25) is 0 Å². The second kappa shape index (κ2) is 22.2. The molecule has 0 aliphatic rings. The van der Waals surface area contributed by atoms with Gasteiger partial charge in [-0.2, -0.15) is 0 Å². The zero-order valence-corrected chi connectivity index (χ0v) is 31.8. The first kappa shape index (κ1) is 43.3. The fraction of sp³-hybridized carbons (Fsp3) is 0.364. The normalized spacial score (nSPS) is 12.9. The summed E-state index contributed by atoms with van der Waals surface area (Å²) >= 11 is 0. The number of ether oxygens (including phenoxy) is 3. The maximum absolute atomic E-state index is 14.6. The number of hydrogen-bond donors (Lipinski definition) is 3. The van der Waals surface area contributed by atoms with Crippen molar-refractivity contribution in [1.82, 2.24) is 10.6 Å². The molecule has 0 saturated heterocycles. The molecule has 0 saturated carbocycles. The molecule has 3 N–H and O–H groups in total. The SMILES string of the molecule is CC(C)(CCC(=O)CC(Cc1cc(F)ccc1F)NC(=O)OCc1ccccc1)CCC(=O)C(O)C(COCc1ccccc1)NC(=O)OCc1ccccc1. The van der Waals surface area contributed by atoms with Gasteiger partial charge < -0.3 is 30.0 Å². The topological polar surface area (TPSA) is 140 Å². The molecule has 56 heavy (non-hydrogen) atoms. The minimum Gasteiger partial charge on any atom is -0.445 e. The summed E-state index contributed by atoms with van der Waals surface area (Å²) < 4.78 is 44.9. The zero-order valence-electron chi connectivity index (χ0n) is 31.8. The maximum Gasteiger partial charge on any atom is 0.407 e. The highest BCUT2D eigenvalue weighted by Gasteiger charge is 2.30. The summed E-state index contributed by atoms with van der Waals surface area (Å²) in [6.45, 7) is 3.80. The number of carbonyl (C=O) groups is 4. The third-order valence-corrected chi connectivity index (χ3v) is 9.25. The van der Waals surface area contributed by atoms with Crippen molar-refractivity contribution < 1.29 is 47.3 Å². The lowest BCUT2D eigenvalue weighted by Gasteiger charge is -2.27. The number of ketones is 2. The molecule has 4 rings (SSSR count). The second-order valence-electron chi connectivity index (χ2n) is 14.5. The summed E-state index contributed by atoms with van der Waals surface area (Å²) in [5.74, 6) is -2.06. The minimum atomic E-state index is -1.59. The van der Waals surface area contributed by atoms with Crippen molar-refractivity contribution in [3.8, 4) is 0 Å². The summed E-state index contributed by atoms with van der Waals surface area (Å²) in [4.78, 5) is 52.0. The molecule has 4 aromatic carbocycles. The summed E-state index contributed by atoms with van der Waals surface area (Å²) in [5.41, 5.74) is 1.88. The number of halogens is 2. The van der Waals surface area contributed by atoms with E-state index in [1.54, 1.807) is 36.4 Å². The second-order valence-corrected chi connectivity index (χ2v) is 14.5. The molecule has 0 aromatic heterocycles. The van der Waals surface area contributed by atoms with Crippen LogP contribution < -0.4 is 10.6 Å². The van der Waals surface area contributed by atoms with E-state index in [0.717, 1.165) is 34.9 Å². The van der Waals surface area contributed by atoms with E-state index in [9.17, 15) is 33.1 Å². The number of amides is 2. The molecule has 3 unspecified atom stereocenters. The van der Waals surface area contributed by atoms with Gasteiger partial charge in [-0.25, -0.2) is 18.4 Å². The molecule has 10 nitrogen and oxygen atoms in total. The van der Waals surface area contributed by atoms with Crippen LogP contribution in [0.4, 0.5) is 18.4 Å². The monoisotopic (exact) mass is 772 g/mol. The number of aliphatic hydroxyl groups is 1. The van der Waals surface area contributed by atoms with Gasteiger partial charge in [0.25, 0.3) is 0 Å². The highest BCUT2D eigenvalue weighted by Crippen LogP contribution is 2.29. The first-order valence-electron chi connectivity index (χ1n) is 18.6. The van der Waals surface area contributed by atoms with Crippen molar-refractivity contribution in [1.29, 1.82) is 0 Å². The van der Waals surface area contributed by atoms with Crippen LogP contribution in [0.25, 0.3) is 0 Å². The Bertz CT molecular complexity index is 1840. The molecule has 3 atom stereocenters. The van der Waals surface area contributed by atoms with E-state index in [-0.39, 0.29) is 63.5 Å². The van der Waals surface area contributed by atoms with E-state index in [2.05, 4.69) is 10.6 Å². The van der Waals surface area contributed by atoms with E-state index in [1.165, 1.54) is 0 Å². The van der Waals surface area contributed by atoms with Gasteiger partial charge in [0, 0.05) is 25.3 Å². The Morgan fingerprint density at radius 1 is 0.696 bits per heavy atom. The largest absolute Gasteiger partial charge is 0.445 e. The maximum atomic E-state index is 14.6. The van der Waals surface area contributed by atoms with Crippen LogP contribution in [0.1, 0.15) is 68.2 Å². The third kappa shape index (κ3) is 15.7. The van der Waals surface area contributed by atoms with Gasteiger partial charge in [0.15, 0.2) is 5.78 Å². The van der Waals surface area contributed by atoms with Crippen molar-refractivity contribution in [3.63, 3.8) is 0 Å². The average molecular weight is 773 g/mol. The molecule has 0 aliphatic heterocycles. The Labute approximate surface area is 326 Å². The van der Waals surface area contributed by atoms with Crippen molar-refractivity contribution in [3.05, 3.63) is 143 Å². The van der Waals surface area contributed by atoms with Gasteiger partial charge >= 0.3 is 12.2 Å². The van der Waals surface area contributed by atoms with Gasteiger partial charge in [0.1, 0.15) is 36.7 Å². The predicted octanol–water partition coefficient (Wildman–Crippen LogP) is 7.79. The van der Waals surface area contributed by atoms with E-state index < -0.39 is 53.2 Å². The van der Waals surface area contributed by atoms with Crippen LogP contribution in [-0.4, -0.2) is 53.7 Å². The standard InChI is InChI=1S/C44H50F2N2O8/c1-44(2,22-20-37(49)26-36(25-34-24-35(45)18-19-38(34)46)47-42(52)55-28-32-14-8-4-9-15-32)23-21-40(50)41(51)39(30-54-27-31-12-6-3-7-13-31)48-43(53)56-29-33-16-10-5-11-17-33/h3-19,24,36,39,41,51H,20-23,25-30H2,1-2H3,(H,47,52)(H,48,53). The molecule has 2 amide bonds. The van der Waals surface area contributed by atoms with E-state index >= 15 is 0 Å². The number of rotatable bonds is 22. The lowest BCUT2D eigenvalue weighted by atomic mass is 9.81. The van der Waals surface area contributed by atoms with Crippen molar-refractivity contribution in [2.24, 2.45) is 5.41 Å². The molecule has 4 aromatic rings. The Kier molecular flexibility index (Phi) is 17.1. The summed E-state index contributed by atoms with van der Waals surface area (Å²) in [6.07, 6.45) is -2.81. The quantitative estimate of drug-likeness (QED) is 0.0736. The fourth-order valence-corrected chi connectivity index (χ4v) is 5.89. The number of carbonyl (C=O) groups excluding carboxylic acids is 4. The van der Waals surface area contributed by atoms with Crippen LogP contribution in [-0.2, 0) is 50.0 Å². The number of alkyl carbamates (subject to hydrolysis) is 2. The van der Waals surface area contributed by atoms with Gasteiger partial charge in [0.2, 0.25) is 0 Å². The molecule has 298 valence electrons. The van der Waals surface area contributed by atoms with Crippen LogP contribution in [0.3, 0.4) is 0 Å². The van der Waals surface area contributed by atoms with Gasteiger partial charge in [-0.3, -0.25) is 9.59 Å². The lowest BCUT2D eigenvalue weighted by molar-refractivity contribution is -0.130. The van der Waals surface area contributed by atoms with E-state index in [4.69, 9.17) is 14.2 Å². The van der Waals surface area contributed by atoms with Gasteiger partial charge in [-0.15, -0.1) is 0 Å². The van der Waals surface area contributed by atoms with Gasteiger partial charge in [-0.05, 0) is 65.1 Å². The third-order valence-electron chi connectivity index (χ3n) is 9.25. The van der Waals surface area contributed by atoms with Gasteiger partial charge in [0.05, 0.1) is 19.3 Å². The summed E-state index contributed by atoms with van der Waals surface area (Å²) in [5, 5.41) is 16.3.